The molecule has 0 unspecified atom stereocenters. The van der Waals surface area contributed by atoms with Gasteiger partial charge in [0.15, 0.2) is 0 Å². The Labute approximate surface area is 99.2 Å². The van der Waals surface area contributed by atoms with Gasteiger partial charge in [-0.25, -0.2) is 0 Å². The fourth-order valence-corrected chi connectivity index (χ4v) is 1.26. The Morgan fingerprint density at radius 3 is 2.33 bits per heavy atom. The average molecular weight is 238 g/mol. The molecule has 0 saturated heterocycles. The second kappa shape index (κ2) is 13.7. The predicted molar refractivity (Wildman–Crippen MR) is 65.3 cm³/mol. The molecule has 0 rings (SSSR count). The van der Waals surface area contributed by atoms with Crippen molar-refractivity contribution in [3.8, 4) is 0 Å². The van der Waals surface area contributed by atoms with Gasteiger partial charge in [0.1, 0.15) is 0 Å². The van der Waals surface area contributed by atoms with Gasteiger partial charge >= 0.3 is 5.97 Å². The molecule has 0 aliphatic rings. The van der Waals surface area contributed by atoms with Crippen LogP contribution in [-0.4, -0.2) is 19.1 Å². The monoisotopic (exact) mass is 237 g/mol. The fourth-order valence-electron chi connectivity index (χ4n) is 1.26. The number of halogens is 1. The Kier molecular flexibility index (Phi) is 15.7. The molecule has 15 heavy (non-hydrogen) atoms. The minimum absolute atomic E-state index is 0. The maximum atomic E-state index is 10.9. The first kappa shape index (κ1) is 17.1. The first-order valence-corrected chi connectivity index (χ1v) is 5.67. The molecule has 0 aromatic heterocycles. The van der Waals surface area contributed by atoms with Crippen molar-refractivity contribution in [2.75, 3.05) is 13.2 Å². The van der Waals surface area contributed by atoms with Crippen molar-refractivity contribution >= 4 is 18.4 Å². The van der Waals surface area contributed by atoms with Gasteiger partial charge in [0.2, 0.25) is 0 Å². The average Bonchev–Trinajstić information content (AvgIpc) is 2.17. The van der Waals surface area contributed by atoms with Gasteiger partial charge in [0.25, 0.3) is 0 Å². The molecule has 3 nitrogen and oxygen atoms in total. The van der Waals surface area contributed by atoms with E-state index in [1.165, 1.54) is 25.7 Å². The van der Waals surface area contributed by atoms with Crippen molar-refractivity contribution in [2.45, 2.75) is 51.9 Å². The molecule has 0 spiro atoms. The van der Waals surface area contributed by atoms with E-state index in [1.54, 1.807) is 0 Å². The first-order valence-electron chi connectivity index (χ1n) is 5.67. The first-order chi connectivity index (χ1) is 6.81. The highest BCUT2D eigenvalue weighted by Gasteiger charge is 1.99. The highest BCUT2D eigenvalue weighted by molar-refractivity contribution is 5.85. The van der Waals surface area contributed by atoms with Crippen molar-refractivity contribution in [3.63, 3.8) is 0 Å². The van der Waals surface area contributed by atoms with Gasteiger partial charge in [-0.3, -0.25) is 4.79 Å². The molecule has 0 aliphatic carbocycles. The summed E-state index contributed by atoms with van der Waals surface area (Å²) in [6.07, 6.45) is 7.62. The molecule has 0 saturated carbocycles. The van der Waals surface area contributed by atoms with Crippen LogP contribution in [0.4, 0.5) is 0 Å². The van der Waals surface area contributed by atoms with Crippen LogP contribution in [0.5, 0.6) is 0 Å². The summed E-state index contributed by atoms with van der Waals surface area (Å²) in [5.74, 6) is -0.166. The number of esters is 1. The van der Waals surface area contributed by atoms with Gasteiger partial charge in [0, 0.05) is 6.54 Å². The summed E-state index contributed by atoms with van der Waals surface area (Å²) in [5.41, 5.74) is 5.21. The molecule has 0 aliphatic heterocycles. The SMILES string of the molecule is CCCCCCCCOC(=O)CCN.Cl. The zero-order valence-electron chi connectivity index (χ0n) is 9.67. The largest absolute Gasteiger partial charge is 0.466 e. The lowest BCUT2D eigenvalue weighted by molar-refractivity contribution is -0.143. The molecule has 0 atom stereocenters. The van der Waals surface area contributed by atoms with E-state index >= 15 is 0 Å². The molecule has 0 fully saturated rings. The van der Waals surface area contributed by atoms with E-state index in [0.717, 1.165) is 12.8 Å². The third-order valence-electron chi connectivity index (χ3n) is 2.11. The normalized spacial score (nSPS) is 9.47. The number of ether oxygens (including phenoxy) is 1. The number of carbonyl (C=O) groups excluding carboxylic acids is 1. The molecule has 0 bridgehead atoms. The lowest BCUT2D eigenvalue weighted by Gasteiger charge is -2.03. The second-order valence-corrected chi connectivity index (χ2v) is 3.53. The van der Waals surface area contributed by atoms with Crippen LogP contribution < -0.4 is 5.73 Å². The zero-order chi connectivity index (χ0) is 10.6. The summed E-state index contributed by atoms with van der Waals surface area (Å²) in [7, 11) is 0. The molecule has 0 radical (unpaired) electrons. The van der Waals surface area contributed by atoms with Crippen LogP contribution >= 0.6 is 12.4 Å². The Hall–Kier alpha value is -0.280. The molecular formula is C11H24ClNO2. The summed E-state index contributed by atoms with van der Waals surface area (Å²) in [5, 5.41) is 0. The van der Waals surface area contributed by atoms with Crippen LogP contribution in [-0.2, 0) is 9.53 Å². The third kappa shape index (κ3) is 13.7. The van der Waals surface area contributed by atoms with Gasteiger partial charge in [-0.2, -0.15) is 0 Å². The van der Waals surface area contributed by atoms with E-state index < -0.39 is 0 Å². The van der Waals surface area contributed by atoms with E-state index in [9.17, 15) is 4.79 Å². The predicted octanol–water partition coefficient (Wildman–Crippen LogP) is 2.66. The minimum Gasteiger partial charge on any atom is -0.466 e. The topological polar surface area (TPSA) is 52.3 Å². The zero-order valence-corrected chi connectivity index (χ0v) is 10.5. The summed E-state index contributed by atoms with van der Waals surface area (Å²) in [6, 6.07) is 0. The van der Waals surface area contributed by atoms with Crippen molar-refractivity contribution in [1.82, 2.24) is 0 Å². The molecule has 92 valence electrons. The van der Waals surface area contributed by atoms with Crippen molar-refractivity contribution < 1.29 is 9.53 Å². The summed E-state index contributed by atoms with van der Waals surface area (Å²) in [4.78, 5) is 10.9. The molecule has 0 aromatic carbocycles. The number of carbonyl (C=O) groups is 1. The van der Waals surface area contributed by atoms with E-state index in [1.807, 2.05) is 0 Å². The van der Waals surface area contributed by atoms with Crippen LogP contribution in [0, 0.1) is 0 Å². The smallest absolute Gasteiger partial charge is 0.307 e. The van der Waals surface area contributed by atoms with E-state index in [0.29, 0.717) is 19.6 Å². The summed E-state index contributed by atoms with van der Waals surface area (Å²) in [6.45, 7) is 3.15. The van der Waals surface area contributed by atoms with Crippen LogP contribution in [0.25, 0.3) is 0 Å². The van der Waals surface area contributed by atoms with Crippen LogP contribution in [0.1, 0.15) is 51.9 Å². The van der Waals surface area contributed by atoms with Gasteiger partial charge in [-0.15, -0.1) is 12.4 Å². The molecular weight excluding hydrogens is 214 g/mol. The van der Waals surface area contributed by atoms with Crippen molar-refractivity contribution in [1.29, 1.82) is 0 Å². The van der Waals surface area contributed by atoms with Crippen molar-refractivity contribution in [2.24, 2.45) is 5.73 Å². The van der Waals surface area contributed by atoms with Crippen LogP contribution in [0.2, 0.25) is 0 Å². The minimum atomic E-state index is -0.166. The Bertz CT molecular complexity index is 143. The molecule has 0 heterocycles. The summed E-state index contributed by atoms with van der Waals surface area (Å²) < 4.78 is 4.97. The maximum Gasteiger partial charge on any atom is 0.307 e. The fraction of sp³-hybridized carbons (Fsp3) is 0.909. The van der Waals surface area contributed by atoms with Gasteiger partial charge < -0.3 is 10.5 Å². The molecule has 4 heteroatoms. The Balaban J connectivity index is 0. The highest BCUT2D eigenvalue weighted by atomic mass is 35.5. The Morgan fingerprint density at radius 2 is 1.73 bits per heavy atom. The van der Waals surface area contributed by atoms with Gasteiger partial charge in [-0.05, 0) is 6.42 Å². The second-order valence-electron chi connectivity index (χ2n) is 3.53. The quantitative estimate of drug-likeness (QED) is 0.496. The Morgan fingerprint density at radius 1 is 1.13 bits per heavy atom. The maximum absolute atomic E-state index is 10.9. The van der Waals surface area contributed by atoms with Gasteiger partial charge in [0.05, 0.1) is 13.0 Å². The summed E-state index contributed by atoms with van der Waals surface area (Å²) >= 11 is 0. The standard InChI is InChI=1S/C11H23NO2.ClH/c1-2-3-4-5-6-7-10-14-11(13)8-9-12;/h2-10,12H2,1H3;1H. The number of unbranched alkanes of at least 4 members (excludes halogenated alkanes) is 5. The van der Waals surface area contributed by atoms with E-state index in [-0.39, 0.29) is 18.4 Å². The number of hydrogen-bond donors (Lipinski definition) is 1. The van der Waals surface area contributed by atoms with Crippen LogP contribution in [0.15, 0.2) is 0 Å². The molecule has 2 N–H and O–H groups in total. The van der Waals surface area contributed by atoms with Crippen LogP contribution in [0.3, 0.4) is 0 Å². The number of hydrogen-bond acceptors (Lipinski definition) is 3. The third-order valence-corrected chi connectivity index (χ3v) is 2.11. The number of nitrogens with two attached hydrogens (primary N) is 1. The molecule has 0 amide bonds. The van der Waals surface area contributed by atoms with E-state index in [4.69, 9.17) is 10.5 Å². The lowest BCUT2D eigenvalue weighted by Crippen LogP contribution is -2.11. The number of rotatable bonds is 9. The molecule has 0 aromatic rings. The van der Waals surface area contributed by atoms with Crippen molar-refractivity contribution in [3.05, 3.63) is 0 Å². The lowest BCUT2D eigenvalue weighted by atomic mass is 10.1. The van der Waals surface area contributed by atoms with Gasteiger partial charge in [-0.1, -0.05) is 39.0 Å². The van der Waals surface area contributed by atoms with E-state index in [2.05, 4.69) is 6.92 Å². The highest BCUT2D eigenvalue weighted by Crippen LogP contribution is 2.04.